The normalized spacial score (nSPS) is 14.9. The standard InChI is InChI=1S/C23H24N6O3/c1-13-8-14(2)10-15(9-13)18-12-19(28-27-18)25-21(31)24-16-6-5-7-17(11-16)29-20(30)23(3,4)26-22(29)32/h5-12H,1-4H3,(H,26,32)(H3,24,25,27,28,31). The van der Waals surface area contributed by atoms with Gasteiger partial charge in [0.15, 0.2) is 5.82 Å². The van der Waals surface area contributed by atoms with Crippen molar-refractivity contribution in [1.29, 1.82) is 0 Å². The predicted octanol–water partition coefficient (Wildman–Crippen LogP) is 4.17. The second-order valence-corrected chi connectivity index (χ2v) is 8.37. The van der Waals surface area contributed by atoms with Gasteiger partial charge in [-0.1, -0.05) is 23.3 Å². The summed E-state index contributed by atoms with van der Waals surface area (Å²) in [6, 6.07) is 13.4. The second kappa shape index (κ2) is 7.84. The average Bonchev–Trinajstić information content (AvgIpc) is 3.23. The van der Waals surface area contributed by atoms with Gasteiger partial charge < -0.3 is 10.6 Å². The van der Waals surface area contributed by atoms with Crippen LogP contribution in [0.3, 0.4) is 0 Å². The first-order chi connectivity index (χ1) is 15.1. The fourth-order valence-electron chi connectivity index (χ4n) is 3.65. The maximum Gasteiger partial charge on any atom is 0.329 e. The number of benzene rings is 2. The molecule has 1 aliphatic heterocycles. The van der Waals surface area contributed by atoms with Crippen molar-refractivity contribution >= 4 is 35.2 Å². The van der Waals surface area contributed by atoms with Crippen molar-refractivity contribution in [3.8, 4) is 11.3 Å². The number of hydrogen-bond acceptors (Lipinski definition) is 4. The summed E-state index contributed by atoms with van der Waals surface area (Å²) in [5, 5.41) is 15.1. The van der Waals surface area contributed by atoms with E-state index in [9.17, 15) is 14.4 Å². The molecule has 4 rings (SSSR count). The minimum absolute atomic E-state index is 0.362. The smallest absolute Gasteiger partial charge is 0.323 e. The quantitative estimate of drug-likeness (QED) is 0.463. The number of aryl methyl sites for hydroxylation is 2. The third-order valence-corrected chi connectivity index (χ3v) is 5.07. The van der Waals surface area contributed by atoms with Crippen molar-refractivity contribution in [3.63, 3.8) is 0 Å². The van der Waals surface area contributed by atoms with Gasteiger partial charge in [0, 0.05) is 17.3 Å². The maximum absolute atomic E-state index is 12.5. The van der Waals surface area contributed by atoms with Crippen LogP contribution in [0.2, 0.25) is 0 Å². The number of imide groups is 1. The van der Waals surface area contributed by atoms with Gasteiger partial charge in [0.1, 0.15) is 5.54 Å². The predicted molar refractivity (Wildman–Crippen MR) is 123 cm³/mol. The minimum Gasteiger partial charge on any atom is -0.323 e. The third-order valence-electron chi connectivity index (χ3n) is 5.07. The van der Waals surface area contributed by atoms with Crippen molar-refractivity contribution < 1.29 is 14.4 Å². The van der Waals surface area contributed by atoms with Crippen LogP contribution in [-0.4, -0.2) is 33.7 Å². The van der Waals surface area contributed by atoms with Crippen LogP contribution in [0.1, 0.15) is 25.0 Å². The van der Waals surface area contributed by atoms with E-state index in [-0.39, 0.29) is 5.91 Å². The zero-order valence-electron chi connectivity index (χ0n) is 18.2. The highest BCUT2D eigenvalue weighted by Crippen LogP contribution is 2.27. The molecule has 9 nitrogen and oxygen atoms in total. The molecule has 2 heterocycles. The Morgan fingerprint density at radius 1 is 1.00 bits per heavy atom. The summed E-state index contributed by atoms with van der Waals surface area (Å²) in [7, 11) is 0. The number of amides is 5. The van der Waals surface area contributed by atoms with Crippen LogP contribution in [0.5, 0.6) is 0 Å². The van der Waals surface area contributed by atoms with Gasteiger partial charge in [-0.05, 0) is 58.0 Å². The van der Waals surface area contributed by atoms with E-state index in [0.717, 1.165) is 27.3 Å². The van der Waals surface area contributed by atoms with Crippen LogP contribution in [-0.2, 0) is 4.79 Å². The van der Waals surface area contributed by atoms with E-state index >= 15 is 0 Å². The molecule has 164 valence electrons. The molecule has 0 atom stereocenters. The van der Waals surface area contributed by atoms with Crippen molar-refractivity contribution in [3.05, 3.63) is 59.7 Å². The Kier molecular flexibility index (Phi) is 5.17. The van der Waals surface area contributed by atoms with E-state index in [4.69, 9.17) is 0 Å². The summed E-state index contributed by atoms with van der Waals surface area (Å²) < 4.78 is 0. The number of aromatic nitrogens is 2. The van der Waals surface area contributed by atoms with Gasteiger partial charge in [0.25, 0.3) is 5.91 Å². The second-order valence-electron chi connectivity index (χ2n) is 8.37. The van der Waals surface area contributed by atoms with Gasteiger partial charge in [0.2, 0.25) is 0 Å². The van der Waals surface area contributed by atoms with Crippen LogP contribution in [0, 0.1) is 13.8 Å². The number of urea groups is 2. The molecule has 32 heavy (non-hydrogen) atoms. The van der Waals surface area contributed by atoms with Gasteiger partial charge in [0.05, 0.1) is 11.4 Å². The van der Waals surface area contributed by atoms with Crippen LogP contribution in [0.15, 0.2) is 48.5 Å². The molecule has 0 saturated carbocycles. The fourth-order valence-corrected chi connectivity index (χ4v) is 3.65. The molecule has 1 fully saturated rings. The molecule has 0 unspecified atom stereocenters. The lowest BCUT2D eigenvalue weighted by Gasteiger charge is -2.16. The summed E-state index contributed by atoms with van der Waals surface area (Å²) in [4.78, 5) is 38.3. The first-order valence-electron chi connectivity index (χ1n) is 10.1. The Bertz CT molecular complexity index is 1210. The number of anilines is 3. The summed E-state index contributed by atoms with van der Waals surface area (Å²) >= 11 is 0. The molecule has 5 amide bonds. The highest BCUT2D eigenvalue weighted by Gasteiger charge is 2.45. The van der Waals surface area contributed by atoms with Crippen molar-refractivity contribution in [2.24, 2.45) is 0 Å². The van der Waals surface area contributed by atoms with E-state index in [1.165, 1.54) is 0 Å². The third kappa shape index (κ3) is 4.18. The monoisotopic (exact) mass is 432 g/mol. The Morgan fingerprint density at radius 3 is 2.38 bits per heavy atom. The van der Waals surface area contributed by atoms with Gasteiger partial charge in [-0.3, -0.25) is 15.2 Å². The van der Waals surface area contributed by atoms with Crippen LogP contribution >= 0.6 is 0 Å². The Morgan fingerprint density at radius 2 is 1.72 bits per heavy atom. The average molecular weight is 432 g/mol. The molecular weight excluding hydrogens is 408 g/mol. The highest BCUT2D eigenvalue weighted by molar-refractivity contribution is 6.23. The molecule has 9 heteroatoms. The van der Waals surface area contributed by atoms with Gasteiger partial charge >= 0.3 is 12.1 Å². The topological polar surface area (TPSA) is 119 Å². The number of nitrogens with zero attached hydrogens (tertiary/aromatic N) is 2. The fraction of sp³-hybridized carbons (Fsp3) is 0.217. The number of aromatic amines is 1. The zero-order valence-corrected chi connectivity index (χ0v) is 18.2. The number of carbonyl (C=O) groups is 3. The molecule has 0 aliphatic carbocycles. The van der Waals surface area contributed by atoms with Crippen molar-refractivity contribution in [2.45, 2.75) is 33.2 Å². The Balaban J connectivity index is 1.45. The number of H-pyrrole nitrogens is 1. The van der Waals surface area contributed by atoms with E-state index in [1.807, 2.05) is 26.0 Å². The molecule has 0 radical (unpaired) electrons. The highest BCUT2D eigenvalue weighted by atomic mass is 16.2. The minimum atomic E-state index is -0.981. The summed E-state index contributed by atoms with van der Waals surface area (Å²) in [5.74, 6) is 0.00296. The zero-order chi connectivity index (χ0) is 23.0. The van der Waals surface area contributed by atoms with E-state index in [1.54, 1.807) is 44.2 Å². The summed E-state index contributed by atoms with van der Waals surface area (Å²) in [5.41, 5.74) is 3.85. The molecule has 1 saturated heterocycles. The van der Waals surface area contributed by atoms with Gasteiger partial charge in [-0.25, -0.2) is 14.5 Å². The van der Waals surface area contributed by atoms with E-state index in [2.05, 4.69) is 32.2 Å². The van der Waals surface area contributed by atoms with Crippen molar-refractivity contribution in [2.75, 3.05) is 15.5 Å². The van der Waals surface area contributed by atoms with Gasteiger partial charge in [-0.2, -0.15) is 5.10 Å². The molecule has 4 N–H and O–H groups in total. The molecule has 3 aromatic rings. The number of rotatable bonds is 4. The van der Waals surface area contributed by atoms with Crippen LogP contribution in [0.4, 0.5) is 26.8 Å². The molecule has 0 spiro atoms. The molecule has 1 aliphatic rings. The van der Waals surface area contributed by atoms with E-state index in [0.29, 0.717) is 17.2 Å². The Labute approximate surface area is 185 Å². The van der Waals surface area contributed by atoms with Crippen LogP contribution in [0.25, 0.3) is 11.3 Å². The molecular formula is C23H24N6O3. The lowest BCUT2D eigenvalue weighted by molar-refractivity contribution is -0.121. The SMILES string of the molecule is Cc1cc(C)cc(-c2cc(NC(=O)Nc3cccc(N4C(=O)NC(C)(C)C4=O)c3)n[nH]2)c1. The summed E-state index contributed by atoms with van der Waals surface area (Å²) in [6.45, 7) is 7.32. The maximum atomic E-state index is 12.5. The number of hydrogen-bond donors (Lipinski definition) is 4. The van der Waals surface area contributed by atoms with E-state index < -0.39 is 17.6 Å². The molecule has 1 aromatic heterocycles. The number of carbonyl (C=O) groups excluding carboxylic acids is 3. The number of nitrogens with one attached hydrogen (secondary N) is 4. The van der Waals surface area contributed by atoms with Crippen LogP contribution < -0.4 is 20.9 Å². The molecule has 2 aromatic carbocycles. The first kappa shape index (κ1) is 21.1. The molecule has 0 bridgehead atoms. The largest absolute Gasteiger partial charge is 0.329 e. The lowest BCUT2D eigenvalue weighted by Crippen LogP contribution is -2.40. The van der Waals surface area contributed by atoms with Crippen molar-refractivity contribution in [1.82, 2.24) is 15.5 Å². The lowest BCUT2D eigenvalue weighted by atomic mass is 10.1. The van der Waals surface area contributed by atoms with Gasteiger partial charge in [-0.15, -0.1) is 0 Å². The Hall–Kier alpha value is -4.14. The first-order valence-corrected chi connectivity index (χ1v) is 10.1. The summed E-state index contributed by atoms with van der Waals surface area (Å²) in [6.07, 6.45) is 0.